The summed E-state index contributed by atoms with van der Waals surface area (Å²) in [7, 11) is 4.25. The molecule has 0 amide bonds. The van der Waals surface area contributed by atoms with Crippen molar-refractivity contribution >= 4 is 5.97 Å². The van der Waals surface area contributed by atoms with Crippen LogP contribution in [0, 0.1) is 5.92 Å². The van der Waals surface area contributed by atoms with Crippen LogP contribution in [0.25, 0.3) is 0 Å². The number of aromatic carboxylic acids is 1. The molecule has 1 saturated heterocycles. The number of aromatic nitrogens is 1. The molecule has 1 aromatic rings. The number of carboxylic acid groups (broad SMARTS) is 1. The molecule has 0 saturated carbocycles. The Morgan fingerprint density at radius 2 is 2.10 bits per heavy atom. The fourth-order valence-corrected chi connectivity index (χ4v) is 2.72. The highest BCUT2D eigenvalue weighted by atomic mass is 16.4. The summed E-state index contributed by atoms with van der Waals surface area (Å²) in [5, 5.41) is 8.84. The second-order valence-corrected chi connectivity index (χ2v) is 5.83. The first-order valence-electron chi connectivity index (χ1n) is 7.10. The number of likely N-dealkylation sites (tertiary alicyclic amines) is 1. The number of piperidine rings is 1. The Morgan fingerprint density at radius 1 is 1.40 bits per heavy atom. The van der Waals surface area contributed by atoms with E-state index in [4.69, 9.17) is 5.11 Å². The zero-order valence-electron chi connectivity index (χ0n) is 12.2. The van der Waals surface area contributed by atoms with Gasteiger partial charge in [-0.25, -0.2) is 4.79 Å². The van der Waals surface area contributed by atoms with E-state index in [-0.39, 0.29) is 5.56 Å². The highest BCUT2D eigenvalue weighted by Crippen LogP contribution is 2.19. The molecule has 110 valence electrons. The number of carbonyl (C=O) groups is 1. The molecule has 0 spiro atoms. The van der Waals surface area contributed by atoms with E-state index in [0.29, 0.717) is 0 Å². The zero-order valence-corrected chi connectivity index (χ0v) is 12.2. The molecular formula is C15H23N3O2. The number of rotatable bonds is 5. The van der Waals surface area contributed by atoms with E-state index in [2.05, 4.69) is 28.9 Å². The lowest BCUT2D eigenvalue weighted by molar-refractivity contribution is 0.0696. The Hall–Kier alpha value is -1.46. The van der Waals surface area contributed by atoms with Crippen LogP contribution in [0.15, 0.2) is 18.3 Å². The Bertz CT molecular complexity index is 437. The van der Waals surface area contributed by atoms with E-state index in [1.165, 1.54) is 25.6 Å². The Labute approximate surface area is 120 Å². The van der Waals surface area contributed by atoms with Gasteiger partial charge < -0.3 is 10.0 Å². The van der Waals surface area contributed by atoms with Gasteiger partial charge in [0.2, 0.25) is 0 Å². The molecule has 1 N–H and O–H groups in total. The fraction of sp³-hybridized carbons (Fsp3) is 0.600. The summed E-state index contributed by atoms with van der Waals surface area (Å²) < 4.78 is 0. The van der Waals surface area contributed by atoms with Gasteiger partial charge in [0, 0.05) is 19.3 Å². The molecule has 20 heavy (non-hydrogen) atoms. The lowest BCUT2D eigenvalue weighted by Gasteiger charge is -2.32. The first kappa shape index (κ1) is 14.9. The van der Waals surface area contributed by atoms with Crippen molar-refractivity contribution in [3.05, 3.63) is 29.6 Å². The fourth-order valence-electron chi connectivity index (χ4n) is 2.72. The smallest absolute Gasteiger partial charge is 0.337 e. The summed E-state index contributed by atoms with van der Waals surface area (Å²) in [4.78, 5) is 19.7. The highest BCUT2D eigenvalue weighted by Gasteiger charge is 2.19. The van der Waals surface area contributed by atoms with Crippen LogP contribution in [0.2, 0.25) is 0 Å². The third-order valence-corrected chi connectivity index (χ3v) is 3.79. The maximum absolute atomic E-state index is 10.8. The van der Waals surface area contributed by atoms with Crippen molar-refractivity contribution in [2.75, 3.05) is 33.7 Å². The van der Waals surface area contributed by atoms with E-state index in [0.717, 1.165) is 31.2 Å². The maximum Gasteiger partial charge on any atom is 0.337 e. The predicted octanol–water partition coefficient (Wildman–Crippen LogP) is 1.55. The molecule has 2 rings (SSSR count). The van der Waals surface area contributed by atoms with Crippen molar-refractivity contribution in [1.29, 1.82) is 0 Å². The highest BCUT2D eigenvalue weighted by molar-refractivity contribution is 5.87. The SMILES string of the molecule is CN(C)CC1CCN(Cc2ccc(C(=O)O)cn2)CC1. The number of hydrogen-bond donors (Lipinski definition) is 1. The van der Waals surface area contributed by atoms with Crippen LogP contribution < -0.4 is 0 Å². The van der Waals surface area contributed by atoms with Gasteiger partial charge in [0.15, 0.2) is 0 Å². The minimum Gasteiger partial charge on any atom is -0.478 e. The number of nitrogens with zero attached hydrogens (tertiary/aromatic N) is 3. The van der Waals surface area contributed by atoms with Gasteiger partial charge in [0.1, 0.15) is 0 Å². The van der Waals surface area contributed by atoms with Crippen LogP contribution in [0.3, 0.4) is 0 Å². The molecule has 1 aromatic heterocycles. The topological polar surface area (TPSA) is 56.7 Å². The molecule has 0 unspecified atom stereocenters. The van der Waals surface area contributed by atoms with E-state index >= 15 is 0 Å². The monoisotopic (exact) mass is 277 g/mol. The van der Waals surface area contributed by atoms with Crippen LogP contribution in [-0.2, 0) is 6.54 Å². The zero-order chi connectivity index (χ0) is 14.5. The Kier molecular flexibility index (Phi) is 5.09. The van der Waals surface area contributed by atoms with Crippen molar-refractivity contribution in [1.82, 2.24) is 14.8 Å². The van der Waals surface area contributed by atoms with Crippen LogP contribution >= 0.6 is 0 Å². The predicted molar refractivity (Wildman–Crippen MR) is 77.8 cm³/mol. The van der Waals surface area contributed by atoms with E-state index in [9.17, 15) is 4.79 Å². The summed E-state index contributed by atoms with van der Waals surface area (Å²) in [6.07, 6.45) is 3.90. The lowest BCUT2D eigenvalue weighted by Crippen LogP contribution is -2.36. The van der Waals surface area contributed by atoms with Gasteiger partial charge in [0.05, 0.1) is 11.3 Å². The maximum atomic E-state index is 10.8. The number of pyridine rings is 1. The van der Waals surface area contributed by atoms with Gasteiger partial charge in [0.25, 0.3) is 0 Å². The quantitative estimate of drug-likeness (QED) is 0.885. The summed E-state index contributed by atoms with van der Waals surface area (Å²) >= 11 is 0. The molecule has 0 bridgehead atoms. The minimum absolute atomic E-state index is 0.249. The largest absolute Gasteiger partial charge is 0.478 e. The van der Waals surface area contributed by atoms with E-state index < -0.39 is 5.97 Å². The molecule has 2 heterocycles. The second kappa shape index (κ2) is 6.81. The molecule has 5 heteroatoms. The van der Waals surface area contributed by atoms with Crippen LogP contribution in [-0.4, -0.2) is 59.6 Å². The molecule has 0 aromatic carbocycles. The Morgan fingerprint density at radius 3 is 2.60 bits per heavy atom. The van der Waals surface area contributed by atoms with Crippen LogP contribution in [0.1, 0.15) is 28.9 Å². The van der Waals surface area contributed by atoms with E-state index in [1.54, 1.807) is 6.07 Å². The van der Waals surface area contributed by atoms with Gasteiger partial charge in [-0.2, -0.15) is 0 Å². The molecule has 1 aliphatic heterocycles. The summed E-state index contributed by atoms with van der Waals surface area (Å²) in [5.41, 5.74) is 1.19. The van der Waals surface area contributed by atoms with Crippen molar-refractivity contribution in [2.24, 2.45) is 5.92 Å². The third kappa shape index (κ3) is 4.28. The van der Waals surface area contributed by atoms with Crippen LogP contribution in [0.4, 0.5) is 0 Å². The van der Waals surface area contributed by atoms with Gasteiger partial charge in [-0.05, 0) is 58.1 Å². The average Bonchev–Trinajstić information content (AvgIpc) is 2.41. The molecule has 0 aliphatic carbocycles. The van der Waals surface area contributed by atoms with Crippen molar-refractivity contribution in [3.63, 3.8) is 0 Å². The molecular weight excluding hydrogens is 254 g/mol. The second-order valence-electron chi connectivity index (χ2n) is 5.83. The number of carboxylic acids is 1. The Balaban J connectivity index is 1.81. The van der Waals surface area contributed by atoms with Gasteiger partial charge in [-0.3, -0.25) is 9.88 Å². The molecule has 1 fully saturated rings. The minimum atomic E-state index is -0.923. The van der Waals surface area contributed by atoms with E-state index in [1.807, 2.05) is 6.07 Å². The third-order valence-electron chi connectivity index (χ3n) is 3.79. The first-order chi connectivity index (χ1) is 9.54. The number of hydrogen-bond acceptors (Lipinski definition) is 4. The average molecular weight is 277 g/mol. The normalized spacial score (nSPS) is 17.6. The molecule has 5 nitrogen and oxygen atoms in total. The van der Waals surface area contributed by atoms with Crippen molar-refractivity contribution < 1.29 is 9.90 Å². The van der Waals surface area contributed by atoms with Crippen LogP contribution in [0.5, 0.6) is 0 Å². The van der Waals surface area contributed by atoms with Gasteiger partial charge >= 0.3 is 5.97 Å². The van der Waals surface area contributed by atoms with Crippen molar-refractivity contribution in [3.8, 4) is 0 Å². The summed E-state index contributed by atoms with van der Waals surface area (Å²) in [6.45, 7) is 4.18. The molecule has 0 radical (unpaired) electrons. The standard InChI is InChI=1S/C15H23N3O2/c1-17(2)10-12-5-7-18(8-6-12)11-14-4-3-13(9-16-14)15(19)20/h3-4,9,12H,5-8,10-11H2,1-2H3,(H,19,20). The molecule has 0 atom stereocenters. The summed E-state index contributed by atoms with van der Waals surface area (Å²) in [5.74, 6) is -0.128. The van der Waals surface area contributed by atoms with Crippen molar-refractivity contribution in [2.45, 2.75) is 19.4 Å². The lowest BCUT2D eigenvalue weighted by atomic mass is 9.96. The van der Waals surface area contributed by atoms with Gasteiger partial charge in [-0.15, -0.1) is 0 Å². The van der Waals surface area contributed by atoms with Gasteiger partial charge in [-0.1, -0.05) is 0 Å². The summed E-state index contributed by atoms with van der Waals surface area (Å²) in [6, 6.07) is 3.44. The molecule has 1 aliphatic rings. The first-order valence-corrected chi connectivity index (χ1v) is 7.10.